The Hall–Kier alpha value is -3.15. The number of carbonyl (C=O) groups excluding carboxylic acids is 2. The highest BCUT2D eigenvalue weighted by molar-refractivity contribution is 6.35. The van der Waals surface area contributed by atoms with Crippen LogP contribution in [0.4, 0.5) is 4.39 Å². The summed E-state index contributed by atoms with van der Waals surface area (Å²) in [6.45, 7) is 0.567. The van der Waals surface area contributed by atoms with E-state index in [0.717, 1.165) is 16.5 Å². The fraction of sp³-hybridized carbons (Fsp3) is 0.200. The van der Waals surface area contributed by atoms with Crippen molar-refractivity contribution in [1.82, 2.24) is 15.6 Å². The van der Waals surface area contributed by atoms with E-state index < -0.39 is 11.8 Å². The second-order valence-corrected chi connectivity index (χ2v) is 5.96. The van der Waals surface area contributed by atoms with Crippen LogP contribution >= 0.6 is 0 Å². The maximum absolute atomic E-state index is 13.5. The molecular formula is C20H20FN3O2. The van der Waals surface area contributed by atoms with Crippen molar-refractivity contribution in [3.8, 4) is 0 Å². The predicted octanol–water partition coefficient (Wildman–Crippen LogP) is 2.32. The molecule has 0 aliphatic carbocycles. The van der Waals surface area contributed by atoms with Gasteiger partial charge in [0.25, 0.3) is 0 Å². The first-order valence-corrected chi connectivity index (χ1v) is 8.49. The summed E-state index contributed by atoms with van der Waals surface area (Å²) in [5.41, 5.74) is 2.63. The van der Waals surface area contributed by atoms with Crippen LogP contribution < -0.4 is 10.6 Å². The van der Waals surface area contributed by atoms with E-state index in [-0.39, 0.29) is 12.4 Å². The number of carbonyl (C=O) groups is 2. The average molecular weight is 353 g/mol. The molecule has 1 heterocycles. The van der Waals surface area contributed by atoms with Crippen LogP contribution in [0.1, 0.15) is 11.1 Å². The summed E-state index contributed by atoms with van der Waals surface area (Å²) in [5, 5.41) is 6.22. The van der Waals surface area contributed by atoms with Crippen molar-refractivity contribution in [3.05, 3.63) is 71.7 Å². The minimum Gasteiger partial charge on any atom is -0.361 e. The van der Waals surface area contributed by atoms with Gasteiger partial charge in [0.05, 0.1) is 0 Å². The van der Waals surface area contributed by atoms with Gasteiger partial charge in [-0.15, -0.1) is 0 Å². The highest BCUT2D eigenvalue weighted by Gasteiger charge is 2.13. The van der Waals surface area contributed by atoms with Crippen LogP contribution in [0.5, 0.6) is 0 Å². The zero-order valence-electron chi connectivity index (χ0n) is 14.2. The van der Waals surface area contributed by atoms with Gasteiger partial charge in [-0.1, -0.05) is 36.4 Å². The molecule has 3 N–H and O–H groups in total. The number of halogens is 1. The summed E-state index contributed by atoms with van der Waals surface area (Å²) in [5.74, 6) is -1.71. The van der Waals surface area contributed by atoms with Crippen LogP contribution in [0.15, 0.2) is 54.7 Å². The number of hydrogen-bond acceptors (Lipinski definition) is 2. The largest absolute Gasteiger partial charge is 0.361 e. The van der Waals surface area contributed by atoms with E-state index in [2.05, 4.69) is 15.6 Å². The maximum Gasteiger partial charge on any atom is 0.309 e. The van der Waals surface area contributed by atoms with Gasteiger partial charge in [0, 0.05) is 30.2 Å². The van der Waals surface area contributed by atoms with Crippen molar-refractivity contribution in [2.45, 2.75) is 12.8 Å². The van der Waals surface area contributed by atoms with Crippen molar-refractivity contribution < 1.29 is 14.0 Å². The molecule has 0 radical (unpaired) electrons. The Morgan fingerprint density at radius 2 is 1.46 bits per heavy atom. The minimum atomic E-state index is -0.708. The normalized spacial score (nSPS) is 10.7. The Morgan fingerprint density at radius 1 is 0.846 bits per heavy atom. The van der Waals surface area contributed by atoms with Crippen LogP contribution in [0.2, 0.25) is 0 Å². The van der Waals surface area contributed by atoms with E-state index in [4.69, 9.17) is 0 Å². The smallest absolute Gasteiger partial charge is 0.309 e. The zero-order chi connectivity index (χ0) is 18.4. The molecule has 0 spiro atoms. The Balaban J connectivity index is 1.41. The third-order valence-electron chi connectivity index (χ3n) is 4.20. The Labute approximate surface area is 150 Å². The Morgan fingerprint density at radius 3 is 2.19 bits per heavy atom. The van der Waals surface area contributed by atoms with Gasteiger partial charge in [0.15, 0.2) is 0 Å². The van der Waals surface area contributed by atoms with Gasteiger partial charge in [-0.2, -0.15) is 0 Å². The standard InChI is InChI=1S/C20H20FN3O2/c21-17-7-3-1-5-14(17)9-11-22-19(25)20(26)23-12-10-15-13-24-18-8-4-2-6-16(15)18/h1-8,13,24H,9-12H2,(H,22,25)(H,23,26). The predicted molar refractivity (Wildman–Crippen MR) is 98.1 cm³/mol. The van der Waals surface area contributed by atoms with Gasteiger partial charge in [-0.25, -0.2) is 4.39 Å². The number of nitrogens with one attached hydrogen (secondary N) is 3. The molecule has 2 aromatic carbocycles. The molecule has 5 nitrogen and oxygen atoms in total. The average Bonchev–Trinajstić information content (AvgIpc) is 3.06. The minimum absolute atomic E-state index is 0.204. The molecule has 6 heteroatoms. The maximum atomic E-state index is 13.5. The first-order valence-electron chi connectivity index (χ1n) is 8.49. The van der Waals surface area contributed by atoms with Gasteiger partial charge in [-0.05, 0) is 36.1 Å². The molecule has 0 bridgehead atoms. The fourth-order valence-electron chi connectivity index (χ4n) is 2.82. The number of aromatic amines is 1. The SMILES string of the molecule is O=C(NCCc1ccccc1F)C(=O)NCCc1c[nH]c2ccccc12. The van der Waals surface area contributed by atoms with E-state index in [0.29, 0.717) is 24.9 Å². The summed E-state index contributed by atoms with van der Waals surface area (Å²) in [4.78, 5) is 26.8. The Bertz CT molecular complexity index is 920. The van der Waals surface area contributed by atoms with Crippen molar-refractivity contribution in [3.63, 3.8) is 0 Å². The quantitative estimate of drug-likeness (QED) is 0.595. The van der Waals surface area contributed by atoms with Crippen LogP contribution in [0.25, 0.3) is 10.9 Å². The molecule has 0 fully saturated rings. The molecule has 0 saturated heterocycles. The summed E-state index contributed by atoms with van der Waals surface area (Å²) < 4.78 is 13.5. The van der Waals surface area contributed by atoms with Gasteiger partial charge in [0.2, 0.25) is 0 Å². The number of hydrogen-bond donors (Lipinski definition) is 3. The van der Waals surface area contributed by atoms with Crippen LogP contribution in [0, 0.1) is 5.82 Å². The highest BCUT2D eigenvalue weighted by atomic mass is 19.1. The number of amides is 2. The fourth-order valence-corrected chi connectivity index (χ4v) is 2.82. The van der Waals surface area contributed by atoms with Crippen molar-refractivity contribution >= 4 is 22.7 Å². The number of rotatable bonds is 6. The van der Waals surface area contributed by atoms with Crippen molar-refractivity contribution in [2.24, 2.45) is 0 Å². The number of H-pyrrole nitrogens is 1. The summed E-state index contributed by atoms with van der Waals surface area (Å²) in [6, 6.07) is 14.3. The molecule has 2 amide bonds. The molecule has 0 aliphatic rings. The van der Waals surface area contributed by atoms with Crippen LogP contribution in [-0.2, 0) is 22.4 Å². The molecule has 3 aromatic rings. The highest BCUT2D eigenvalue weighted by Crippen LogP contribution is 2.17. The number of fused-ring (bicyclic) bond motifs is 1. The Kier molecular flexibility index (Phi) is 5.63. The van der Waals surface area contributed by atoms with E-state index in [9.17, 15) is 14.0 Å². The van der Waals surface area contributed by atoms with Crippen molar-refractivity contribution in [2.75, 3.05) is 13.1 Å². The van der Waals surface area contributed by atoms with Crippen LogP contribution in [0.3, 0.4) is 0 Å². The molecule has 26 heavy (non-hydrogen) atoms. The van der Waals surface area contributed by atoms with Crippen molar-refractivity contribution in [1.29, 1.82) is 0 Å². The second-order valence-electron chi connectivity index (χ2n) is 5.96. The monoisotopic (exact) mass is 353 g/mol. The lowest BCUT2D eigenvalue weighted by atomic mass is 10.1. The first-order chi connectivity index (χ1) is 12.6. The molecule has 3 rings (SSSR count). The molecule has 134 valence electrons. The molecule has 0 saturated carbocycles. The summed E-state index contributed by atoms with van der Waals surface area (Å²) in [6.07, 6.45) is 2.87. The number of aromatic nitrogens is 1. The summed E-state index contributed by atoms with van der Waals surface area (Å²) >= 11 is 0. The van der Waals surface area contributed by atoms with Gasteiger partial charge >= 0.3 is 11.8 Å². The van der Waals surface area contributed by atoms with E-state index in [1.807, 2.05) is 30.5 Å². The molecule has 1 aromatic heterocycles. The molecular weight excluding hydrogens is 333 g/mol. The lowest BCUT2D eigenvalue weighted by Gasteiger charge is -2.07. The molecule has 0 unspecified atom stereocenters. The topological polar surface area (TPSA) is 74.0 Å². The first kappa shape index (κ1) is 17.7. The lowest BCUT2D eigenvalue weighted by Crippen LogP contribution is -2.41. The van der Waals surface area contributed by atoms with E-state index in [1.54, 1.807) is 18.2 Å². The lowest BCUT2D eigenvalue weighted by molar-refractivity contribution is -0.139. The van der Waals surface area contributed by atoms with Crippen LogP contribution in [-0.4, -0.2) is 29.9 Å². The van der Waals surface area contributed by atoms with Gasteiger partial charge in [0.1, 0.15) is 5.82 Å². The third-order valence-corrected chi connectivity index (χ3v) is 4.20. The molecule has 0 atom stereocenters. The number of benzene rings is 2. The van der Waals surface area contributed by atoms with Gasteiger partial charge < -0.3 is 15.6 Å². The molecule has 0 aliphatic heterocycles. The second kappa shape index (κ2) is 8.29. The van der Waals surface area contributed by atoms with Gasteiger partial charge in [-0.3, -0.25) is 9.59 Å². The summed E-state index contributed by atoms with van der Waals surface area (Å²) in [7, 11) is 0. The number of para-hydroxylation sites is 1. The van der Waals surface area contributed by atoms with E-state index in [1.165, 1.54) is 6.07 Å². The van der Waals surface area contributed by atoms with E-state index >= 15 is 0 Å². The zero-order valence-corrected chi connectivity index (χ0v) is 14.2. The third kappa shape index (κ3) is 4.27.